The second kappa shape index (κ2) is 5.53. The molecule has 0 saturated carbocycles. The van der Waals surface area contributed by atoms with E-state index in [1.807, 2.05) is 29.2 Å². The lowest BCUT2D eigenvalue weighted by atomic mass is 10.1. The summed E-state index contributed by atoms with van der Waals surface area (Å²) in [7, 11) is 0. The fourth-order valence-corrected chi connectivity index (χ4v) is 3.37. The quantitative estimate of drug-likeness (QED) is 0.913. The minimum absolute atomic E-state index is 0.106. The number of aromatic nitrogens is 2. The van der Waals surface area contributed by atoms with Crippen molar-refractivity contribution in [3.63, 3.8) is 0 Å². The lowest BCUT2D eigenvalue weighted by Crippen LogP contribution is -2.39. The number of rotatable bonds is 2. The minimum Gasteiger partial charge on any atom is -0.342 e. The summed E-state index contributed by atoms with van der Waals surface area (Å²) in [5, 5.41) is 7.40. The molecule has 0 spiro atoms. The van der Waals surface area contributed by atoms with Crippen molar-refractivity contribution in [2.24, 2.45) is 0 Å². The van der Waals surface area contributed by atoms with Crippen molar-refractivity contribution >= 4 is 5.91 Å². The van der Waals surface area contributed by atoms with Crippen LogP contribution in [0.25, 0.3) is 11.4 Å². The molecule has 0 radical (unpaired) electrons. The van der Waals surface area contributed by atoms with E-state index in [1.165, 1.54) is 19.2 Å². The average Bonchev–Trinajstić information content (AvgIpc) is 3.17. The van der Waals surface area contributed by atoms with E-state index in [4.69, 9.17) is 4.52 Å². The Morgan fingerprint density at radius 1 is 1.18 bits per heavy atom. The summed E-state index contributed by atoms with van der Waals surface area (Å²) in [5.74, 6) is 0.643. The lowest BCUT2D eigenvalue weighted by molar-refractivity contribution is 0.0748. The molecule has 2 aliphatic rings. The number of likely N-dealkylation sites (tertiary alicyclic amines) is 1. The number of fused-ring (bicyclic) bond motifs is 2. The van der Waals surface area contributed by atoms with Gasteiger partial charge in [0.1, 0.15) is 0 Å². The summed E-state index contributed by atoms with van der Waals surface area (Å²) < 4.78 is 4.74. The van der Waals surface area contributed by atoms with Gasteiger partial charge in [-0.15, -0.1) is 0 Å². The number of nitrogens with zero attached hydrogens (tertiary/aromatic N) is 3. The molecule has 1 aromatic carbocycles. The highest BCUT2D eigenvalue weighted by Gasteiger charge is 2.31. The predicted molar refractivity (Wildman–Crippen MR) is 80.2 cm³/mol. The van der Waals surface area contributed by atoms with Crippen LogP contribution in [0.3, 0.4) is 0 Å². The van der Waals surface area contributed by atoms with Crippen LogP contribution in [0.1, 0.15) is 29.6 Å². The zero-order valence-corrected chi connectivity index (χ0v) is 12.2. The number of hydrogen-bond acceptors (Lipinski definition) is 5. The van der Waals surface area contributed by atoms with Crippen molar-refractivity contribution in [1.82, 2.24) is 20.4 Å². The Bertz CT molecular complexity index is 653. The first-order valence-electron chi connectivity index (χ1n) is 7.72. The Labute approximate surface area is 128 Å². The van der Waals surface area contributed by atoms with Crippen LogP contribution in [0.2, 0.25) is 0 Å². The van der Waals surface area contributed by atoms with Gasteiger partial charge in [-0.2, -0.15) is 4.98 Å². The summed E-state index contributed by atoms with van der Waals surface area (Å²) in [4.78, 5) is 18.7. The first-order valence-corrected chi connectivity index (χ1v) is 7.72. The number of hydrogen-bond donors (Lipinski definition) is 1. The lowest BCUT2D eigenvalue weighted by Gasteiger charge is -2.24. The van der Waals surface area contributed by atoms with Gasteiger partial charge in [0.15, 0.2) is 0 Å². The Hall–Kier alpha value is -2.21. The minimum atomic E-state index is 0.106. The van der Waals surface area contributed by atoms with E-state index in [-0.39, 0.29) is 5.91 Å². The van der Waals surface area contributed by atoms with Gasteiger partial charge in [-0.05, 0) is 31.4 Å². The van der Waals surface area contributed by atoms with E-state index in [2.05, 4.69) is 15.5 Å². The van der Waals surface area contributed by atoms with Crippen LogP contribution in [-0.4, -0.2) is 46.1 Å². The zero-order chi connectivity index (χ0) is 14.9. The van der Waals surface area contributed by atoms with Gasteiger partial charge in [-0.3, -0.25) is 4.79 Å². The van der Waals surface area contributed by atoms with E-state index in [0.29, 0.717) is 23.5 Å². The molecule has 22 heavy (non-hydrogen) atoms. The third-order valence-electron chi connectivity index (χ3n) is 4.56. The van der Waals surface area contributed by atoms with Crippen LogP contribution in [-0.2, 0) is 0 Å². The van der Waals surface area contributed by atoms with Crippen molar-refractivity contribution in [1.29, 1.82) is 0 Å². The summed E-state index contributed by atoms with van der Waals surface area (Å²) >= 11 is 0. The Morgan fingerprint density at radius 3 is 2.77 bits per heavy atom. The molecule has 1 amide bonds. The fourth-order valence-electron chi connectivity index (χ4n) is 3.37. The van der Waals surface area contributed by atoms with Crippen molar-refractivity contribution < 1.29 is 9.32 Å². The van der Waals surface area contributed by atoms with Crippen LogP contribution >= 0.6 is 0 Å². The summed E-state index contributed by atoms with van der Waals surface area (Å²) in [5.41, 5.74) is 1.56. The normalized spacial score (nSPS) is 24.3. The molecular weight excluding hydrogens is 280 g/mol. The molecule has 2 aliphatic heterocycles. The second-order valence-electron chi connectivity index (χ2n) is 6.01. The molecule has 2 bridgehead atoms. The van der Waals surface area contributed by atoms with Gasteiger partial charge >= 0.3 is 0 Å². The fraction of sp³-hybridized carbons (Fsp3) is 0.438. The Kier molecular flexibility index (Phi) is 3.38. The van der Waals surface area contributed by atoms with Crippen molar-refractivity contribution in [3.05, 3.63) is 36.2 Å². The van der Waals surface area contributed by atoms with Crippen LogP contribution in [0.15, 0.2) is 35.2 Å². The molecule has 3 heterocycles. The van der Waals surface area contributed by atoms with Crippen LogP contribution in [0, 0.1) is 0 Å². The van der Waals surface area contributed by atoms with Crippen molar-refractivity contribution in [3.8, 4) is 11.4 Å². The monoisotopic (exact) mass is 298 g/mol. The van der Waals surface area contributed by atoms with Crippen molar-refractivity contribution in [2.75, 3.05) is 13.1 Å². The van der Waals surface area contributed by atoms with E-state index < -0.39 is 0 Å². The largest absolute Gasteiger partial charge is 0.342 e. The van der Waals surface area contributed by atoms with E-state index in [9.17, 15) is 4.79 Å². The molecule has 114 valence electrons. The van der Waals surface area contributed by atoms with Crippen molar-refractivity contribution in [2.45, 2.75) is 31.3 Å². The molecule has 2 saturated heterocycles. The molecule has 2 fully saturated rings. The molecule has 1 aromatic heterocycles. The number of carbonyl (C=O) groups excluding carboxylic acids is 1. The first-order chi connectivity index (χ1) is 10.8. The number of benzene rings is 1. The number of amides is 1. The molecular formula is C16H18N4O2. The predicted octanol–water partition coefficient (Wildman–Crippen LogP) is 1.70. The smallest absolute Gasteiger partial charge is 0.253 e. The van der Waals surface area contributed by atoms with Gasteiger partial charge in [-0.1, -0.05) is 17.3 Å². The van der Waals surface area contributed by atoms with Crippen LogP contribution in [0.5, 0.6) is 0 Å². The molecule has 0 aliphatic carbocycles. The van der Waals surface area contributed by atoms with Gasteiger partial charge in [0, 0.05) is 36.3 Å². The third kappa shape index (κ3) is 2.50. The molecule has 6 heteroatoms. The number of nitrogens with one attached hydrogen (secondary N) is 1. The maximum Gasteiger partial charge on any atom is 0.253 e. The highest BCUT2D eigenvalue weighted by atomic mass is 16.5. The van der Waals surface area contributed by atoms with Gasteiger partial charge in [0.2, 0.25) is 12.2 Å². The van der Waals surface area contributed by atoms with Crippen LogP contribution < -0.4 is 5.32 Å². The molecule has 4 rings (SSSR count). The summed E-state index contributed by atoms with van der Waals surface area (Å²) in [6.07, 6.45) is 4.76. The van der Waals surface area contributed by atoms with Gasteiger partial charge in [0.25, 0.3) is 5.91 Å². The van der Waals surface area contributed by atoms with E-state index in [1.54, 1.807) is 0 Å². The average molecular weight is 298 g/mol. The third-order valence-corrected chi connectivity index (χ3v) is 4.56. The Morgan fingerprint density at radius 2 is 2.00 bits per heavy atom. The van der Waals surface area contributed by atoms with E-state index >= 15 is 0 Å². The highest BCUT2D eigenvalue weighted by molar-refractivity contribution is 5.94. The molecule has 2 unspecified atom stereocenters. The maximum atomic E-state index is 12.7. The molecule has 6 nitrogen and oxygen atoms in total. The molecule has 2 atom stereocenters. The SMILES string of the molecule is O=C(c1ccc(-c2ncon2)cc1)N1CCC2CCC(C1)N2. The topological polar surface area (TPSA) is 71.3 Å². The summed E-state index contributed by atoms with van der Waals surface area (Å²) in [6, 6.07) is 8.44. The van der Waals surface area contributed by atoms with Gasteiger partial charge < -0.3 is 14.7 Å². The number of carbonyl (C=O) groups is 1. The molecule has 2 aromatic rings. The van der Waals surface area contributed by atoms with Gasteiger partial charge in [-0.25, -0.2) is 0 Å². The van der Waals surface area contributed by atoms with Crippen LogP contribution in [0.4, 0.5) is 0 Å². The Balaban J connectivity index is 1.50. The maximum absolute atomic E-state index is 12.7. The van der Waals surface area contributed by atoms with Gasteiger partial charge in [0.05, 0.1) is 0 Å². The highest BCUT2D eigenvalue weighted by Crippen LogP contribution is 2.22. The molecule has 1 N–H and O–H groups in total. The van der Waals surface area contributed by atoms with E-state index in [0.717, 1.165) is 25.1 Å². The summed E-state index contributed by atoms with van der Waals surface area (Å²) in [6.45, 7) is 1.64. The first kappa shape index (κ1) is 13.5. The standard InChI is InChI=1S/C16H18N4O2/c21-16(20-8-7-13-5-6-14(9-20)18-13)12-3-1-11(2-4-12)15-17-10-22-19-15/h1-4,10,13-14,18H,5-9H2. The second-order valence-corrected chi connectivity index (χ2v) is 6.01. The zero-order valence-electron chi connectivity index (χ0n) is 12.2.